The maximum absolute atomic E-state index is 13.8. The van der Waals surface area contributed by atoms with Crippen LogP contribution in [-0.2, 0) is 18.3 Å². The number of hydrogen-bond donors (Lipinski definition) is 1. The van der Waals surface area contributed by atoms with Gasteiger partial charge in [0.15, 0.2) is 0 Å². The Kier molecular flexibility index (Phi) is 6.31. The van der Waals surface area contributed by atoms with Crippen molar-refractivity contribution < 1.29 is 9.53 Å². The maximum Gasteiger partial charge on any atom is 0.259 e. The fourth-order valence-electron chi connectivity index (χ4n) is 6.04. The summed E-state index contributed by atoms with van der Waals surface area (Å²) < 4.78 is 9.45. The lowest BCUT2D eigenvalue weighted by Gasteiger charge is -2.40. The van der Waals surface area contributed by atoms with Crippen LogP contribution < -0.4 is 5.56 Å². The molecule has 3 aromatic heterocycles. The Morgan fingerprint density at radius 2 is 1.92 bits per heavy atom. The van der Waals surface area contributed by atoms with E-state index in [2.05, 4.69) is 33.1 Å². The number of hydrogen-bond acceptors (Lipinski definition) is 6. The Morgan fingerprint density at radius 1 is 1.13 bits per heavy atom. The van der Waals surface area contributed by atoms with Crippen LogP contribution in [0.2, 0.25) is 0 Å². The van der Waals surface area contributed by atoms with Crippen LogP contribution in [0.5, 0.6) is 0 Å². The standard InChI is InChI=1S/C28H35N7O3/c1-17-11-25-23(26-24(27(36)30-25)14-29-35(26)20-5-9-38-10-6-20)13-22(17)28(37)34-8-7-33(19(3)15-34)16-21-12-18(2)31-32(21)4/h11-14,19-20H,5-10,15-16H2,1-4H3,(H,30,36)/t19-/m0/s1. The first-order chi connectivity index (χ1) is 18.3. The molecule has 0 spiro atoms. The predicted molar refractivity (Wildman–Crippen MR) is 145 cm³/mol. The SMILES string of the molecule is Cc1cc(CN2CCN(C(=O)c3cc4c(cc3C)[nH]c(=O)c3cnn(C5CCOCC5)c34)C[C@@H]2C)n(C)n1. The molecule has 1 amide bonds. The molecule has 1 atom stereocenters. The second-order valence-corrected chi connectivity index (χ2v) is 10.8. The summed E-state index contributed by atoms with van der Waals surface area (Å²) in [6, 6.07) is 6.40. The first kappa shape index (κ1) is 24.8. The van der Waals surface area contributed by atoms with Gasteiger partial charge in [-0.2, -0.15) is 10.2 Å². The molecule has 1 aromatic carbocycles. The van der Waals surface area contributed by atoms with Crippen molar-refractivity contribution in [2.24, 2.45) is 7.05 Å². The van der Waals surface area contributed by atoms with Crippen LogP contribution in [0, 0.1) is 13.8 Å². The molecule has 1 N–H and O–H groups in total. The van der Waals surface area contributed by atoms with Crippen molar-refractivity contribution in [3.63, 3.8) is 0 Å². The minimum Gasteiger partial charge on any atom is -0.381 e. The van der Waals surface area contributed by atoms with E-state index in [1.807, 2.05) is 47.3 Å². The zero-order valence-corrected chi connectivity index (χ0v) is 22.5. The van der Waals surface area contributed by atoms with E-state index < -0.39 is 0 Å². The second kappa shape index (κ2) is 9.67. The smallest absolute Gasteiger partial charge is 0.259 e. The Morgan fingerprint density at radius 3 is 2.63 bits per heavy atom. The van der Waals surface area contributed by atoms with Gasteiger partial charge in [-0.1, -0.05) is 0 Å². The summed E-state index contributed by atoms with van der Waals surface area (Å²) in [4.78, 5) is 34.1. The van der Waals surface area contributed by atoms with Crippen molar-refractivity contribution in [2.45, 2.75) is 52.2 Å². The first-order valence-corrected chi connectivity index (χ1v) is 13.4. The first-order valence-electron chi connectivity index (χ1n) is 13.4. The number of piperazine rings is 1. The number of amides is 1. The van der Waals surface area contributed by atoms with Gasteiger partial charge >= 0.3 is 0 Å². The van der Waals surface area contributed by atoms with Crippen LogP contribution in [0.4, 0.5) is 0 Å². The molecule has 4 aromatic rings. The van der Waals surface area contributed by atoms with Crippen molar-refractivity contribution >= 4 is 27.7 Å². The molecular weight excluding hydrogens is 482 g/mol. The maximum atomic E-state index is 13.8. The topological polar surface area (TPSA) is 101 Å². The van der Waals surface area contributed by atoms with Gasteiger partial charge in [-0.05, 0) is 57.4 Å². The number of nitrogens with one attached hydrogen (secondary N) is 1. The summed E-state index contributed by atoms with van der Waals surface area (Å²) in [6.07, 6.45) is 3.35. The molecule has 10 heteroatoms. The van der Waals surface area contributed by atoms with Crippen molar-refractivity contribution in [1.82, 2.24) is 34.3 Å². The van der Waals surface area contributed by atoms with Gasteiger partial charge in [0.25, 0.3) is 11.5 Å². The number of benzene rings is 1. The minimum absolute atomic E-state index is 0.0313. The Bertz CT molecular complexity index is 1580. The molecule has 200 valence electrons. The summed E-state index contributed by atoms with van der Waals surface area (Å²) in [6.45, 7) is 10.4. The third-order valence-electron chi connectivity index (χ3n) is 8.19. The summed E-state index contributed by atoms with van der Waals surface area (Å²) in [5.74, 6) is 0.0313. The molecular formula is C28H35N7O3. The molecule has 2 saturated heterocycles. The van der Waals surface area contributed by atoms with Gasteiger partial charge in [0, 0.05) is 63.4 Å². The minimum atomic E-state index is -0.155. The number of aryl methyl sites for hydroxylation is 3. The van der Waals surface area contributed by atoms with Gasteiger partial charge < -0.3 is 14.6 Å². The van der Waals surface area contributed by atoms with E-state index in [0.29, 0.717) is 37.3 Å². The van der Waals surface area contributed by atoms with Crippen LogP contribution in [0.25, 0.3) is 21.8 Å². The Labute approximate surface area is 221 Å². The Balaban J connectivity index is 1.31. The molecule has 0 radical (unpaired) electrons. The molecule has 2 fully saturated rings. The highest BCUT2D eigenvalue weighted by Crippen LogP contribution is 2.30. The van der Waals surface area contributed by atoms with Crippen molar-refractivity contribution in [2.75, 3.05) is 32.8 Å². The summed E-state index contributed by atoms with van der Waals surface area (Å²) >= 11 is 0. The highest BCUT2D eigenvalue weighted by atomic mass is 16.5. The fourth-order valence-corrected chi connectivity index (χ4v) is 6.04. The number of nitrogens with zero attached hydrogens (tertiary/aromatic N) is 6. The molecule has 0 bridgehead atoms. The number of carbonyl (C=O) groups excluding carboxylic acids is 1. The average molecular weight is 518 g/mol. The quantitative estimate of drug-likeness (QED) is 0.447. The lowest BCUT2D eigenvalue weighted by Crippen LogP contribution is -2.53. The Hall–Kier alpha value is -3.50. The molecule has 2 aliphatic heterocycles. The largest absolute Gasteiger partial charge is 0.381 e. The van der Waals surface area contributed by atoms with E-state index >= 15 is 0 Å². The number of aromatic amines is 1. The third kappa shape index (κ3) is 4.31. The van der Waals surface area contributed by atoms with E-state index in [0.717, 1.165) is 53.6 Å². The monoisotopic (exact) mass is 517 g/mol. The molecule has 0 aliphatic carbocycles. The van der Waals surface area contributed by atoms with Crippen molar-refractivity contribution in [3.05, 3.63) is 57.3 Å². The molecule has 2 aliphatic rings. The fraction of sp³-hybridized carbons (Fsp3) is 0.500. The number of carbonyl (C=O) groups is 1. The van der Waals surface area contributed by atoms with Crippen molar-refractivity contribution in [3.8, 4) is 0 Å². The molecule has 6 rings (SSSR count). The molecule has 10 nitrogen and oxygen atoms in total. The van der Waals surface area contributed by atoms with Gasteiger partial charge in [0.1, 0.15) is 0 Å². The number of H-pyrrole nitrogens is 1. The van der Waals surface area contributed by atoms with Gasteiger partial charge in [-0.25, -0.2) is 0 Å². The van der Waals surface area contributed by atoms with Gasteiger partial charge in [0.05, 0.1) is 40.0 Å². The van der Waals surface area contributed by atoms with E-state index in [4.69, 9.17) is 4.74 Å². The normalized spacial score (nSPS) is 19.6. The van der Waals surface area contributed by atoms with E-state index in [-0.39, 0.29) is 23.6 Å². The number of rotatable bonds is 4. The second-order valence-electron chi connectivity index (χ2n) is 10.8. The molecule has 0 unspecified atom stereocenters. The predicted octanol–water partition coefficient (Wildman–Crippen LogP) is 2.93. The van der Waals surface area contributed by atoms with Crippen LogP contribution in [0.1, 0.15) is 53.1 Å². The number of aromatic nitrogens is 5. The van der Waals surface area contributed by atoms with Gasteiger partial charge in [-0.15, -0.1) is 0 Å². The zero-order chi connectivity index (χ0) is 26.6. The zero-order valence-electron chi connectivity index (χ0n) is 22.5. The van der Waals surface area contributed by atoms with Crippen molar-refractivity contribution in [1.29, 1.82) is 0 Å². The lowest BCUT2D eigenvalue weighted by atomic mass is 10.0. The highest BCUT2D eigenvalue weighted by Gasteiger charge is 2.29. The molecule has 5 heterocycles. The summed E-state index contributed by atoms with van der Waals surface area (Å²) in [7, 11) is 1.98. The number of pyridine rings is 1. The number of ether oxygens (including phenoxy) is 1. The van der Waals surface area contributed by atoms with Crippen LogP contribution >= 0.6 is 0 Å². The number of fused-ring (bicyclic) bond motifs is 3. The van der Waals surface area contributed by atoms with Crippen LogP contribution in [0.3, 0.4) is 0 Å². The lowest BCUT2D eigenvalue weighted by molar-refractivity contribution is 0.0488. The van der Waals surface area contributed by atoms with Crippen LogP contribution in [-0.4, -0.2) is 79.1 Å². The molecule has 38 heavy (non-hydrogen) atoms. The highest BCUT2D eigenvalue weighted by molar-refractivity contribution is 6.07. The van der Waals surface area contributed by atoms with E-state index in [1.54, 1.807) is 6.20 Å². The van der Waals surface area contributed by atoms with Crippen LogP contribution in [0.15, 0.2) is 29.2 Å². The molecule has 0 saturated carbocycles. The van der Waals surface area contributed by atoms with E-state index in [1.165, 1.54) is 5.69 Å². The van der Waals surface area contributed by atoms with E-state index in [9.17, 15) is 9.59 Å². The summed E-state index contributed by atoms with van der Waals surface area (Å²) in [5, 5.41) is 10.5. The summed E-state index contributed by atoms with van der Waals surface area (Å²) in [5.41, 5.74) is 5.11. The van der Waals surface area contributed by atoms with Gasteiger partial charge in [-0.3, -0.25) is 23.9 Å². The average Bonchev–Trinajstić information content (AvgIpc) is 3.48. The third-order valence-corrected chi connectivity index (χ3v) is 8.19. The van der Waals surface area contributed by atoms with Gasteiger partial charge in [0.2, 0.25) is 0 Å².